The lowest BCUT2D eigenvalue weighted by molar-refractivity contribution is -0.137. The molecule has 2 amide bonds. The predicted molar refractivity (Wildman–Crippen MR) is 148 cm³/mol. The van der Waals surface area contributed by atoms with E-state index >= 15 is 0 Å². The third-order valence-corrected chi connectivity index (χ3v) is 7.02. The van der Waals surface area contributed by atoms with Crippen LogP contribution in [0.15, 0.2) is 48.8 Å². The second-order valence-electron chi connectivity index (χ2n) is 9.95. The van der Waals surface area contributed by atoms with Crippen molar-refractivity contribution in [1.82, 2.24) is 19.7 Å². The van der Waals surface area contributed by atoms with Gasteiger partial charge < -0.3 is 10.2 Å². The number of nitrogens with zero attached hydrogens (tertiary/aromatic N) is 4. The molecule has 1 aromatic carbocycles. The maximum absolute atomic E-state index is 13.2. The number of aromatic nitrogens is 3. The summed E-state index contributed by atoms with van der Waals surface area (Å²) in [6.07, 6.45) is 4.00. The fraction of sp³-hybridized carbons (Fsp3) is 0.379. The number of benzene rings is 1. The van der Waals surface area contributed by atoms with Crippen molar-refractivity contribution in [3.05, 3.63) is 76.2 Å². The largest absolute Gasteiger partial charge is 0.342 e. The molecule has 9 heteroatoms. The smallest absolute Gasteiger partial charge is 0.276 e. The molecular formula is C29H33ClFN5O2. The van der Waals surface area contributed by atoms with Crippen LogP contribution in [0.4, 0.5) is 10.5 Å². The molecule has 1 aliphatic rings. The topological polar surface area (TPSA) is 80.1 Å². The molecule has 0 spiro atoms. The second kappa shape index (κ2) is 12.7. The van der Waals surface area contributed by atoms with Crippen molar-refractivity contribution in [2.75, 3.05) is 18.4 Å². The van der Waals surface area contributed by atoms with Crippen LogP contribution < -0.4 is 5.32 Å². The van der Waals surface area contributed by atoms with E-state index in [0.29, 0.717) is 36.2 Å². The molecule has 0 aliphatic carbocycles. The number of piperidine rings is 1. The van der Waals surface area contributed by atoms with E-state index < -0.39 is 0 Å². The molecule has 2 atom stereocenters. The van der Waals surface area contributed by atoms with Gasteiger partial charge in [-0.2, -0.15) is 5.10 Å². The van der Waals surface area contributed by atoms with Crippen molar-refractivity contribution < 1.29 is 14.3 Å². The van der Waals surface area contributed by atoms with Crippen molar-refractivity contribution in [3.63, 3.8) is 0 Å². The minimum absolute atomic E-state index is 0. The van der Waals surface area contributed by atoms with E-state index in [1.54, 1.807) is 10.9 Å². The molecule has 3 aromatic rings. The maximum atomic E-state index is 13.2. The van der Waals surface area contributed by atoms with Gasteiger partial charge in [0, 0.05) is 42.9 Å². The Morgan fingerprint density at radius 3 is 2.53 bits per heavy atom. The Morgan fingerprint density at radius 2 is 1.87 bits per heavy atom. The number of carbonyl (C=O) groups excluding carboxylic acids is 2. The van der Waals surface area contributed by atoms with E-state index in [0.717, 1.165) is 23.1 Å². The number of nitrogens with one attached hydrogen (secondary N) is 1. The van der Waals surface area contributed by atoms with Crippen LogP contribution in [0.2, 0.25) is 5.02 Å². The van der Waals surface area contributed by atoms with Crippen LogP contribution in [-0.2, 0) is 11.3 Å². The number of hydrogen-bond acceptors (Lipinski definition) is 4. The molecule has 0 bridgehead atoms. The molecule has 4 rings (SSSR count). The second-order valence-corrected chi connectivity index (χ2v) is 10.4. The fourth-order valence-corrected chi connectivity index (χ4v) is 4.81. The Labute approximate surface area is 228 Å². The van der Waals surface area contributed by atoms with E-state index in [1.165, 1.54) is 6.20 Å². The van der Waals surface area contributed by atoms with Crippen LogP contribution in [0.25, 0.3) is 0 Å². The number of pyridine rings is 1. The number of aryl methyl sites for hydroxylation is 1. The van der Waals surface area contributed by atoms with Crippen LogP contribution in [-0.4, -0.2) is 44.6 Å². The van der Waals surface area contributed by atoms with E-state index in [1.807, 2.05) is 62.1 Å². The summed E-state index contributed by atoms with van der Waals surface area (Å²) in [5, 5.41) is 7.56. The molecule has 1 fully saturated rings. The lowest BCUT2D eigenvalue weighted by atomic mass is 9.86. The number of likely N-dealkylation sites (tertiary alicyclic amines) is 1. The number of anilines is 1. The van der Waals surface area contributed by atoms with Crippen molar-refractivity contribution in [2.24, 2.45) is 17.8 Å². The third kappa shape index (κ3) is 6.78. The first kappa shape index (κ1) is 28.9. The average Bonchev–Trinajstić information content (AvgIpc) is 3.25. The van der Waals surface area contributed by atoms with Gasteiger partial charge in [0.15, 0.2) is 0 Å². The molecule has 1 N–H and O–H groups in total. The Hall–Kier alpha value is -3.70. The number of hydrogen-bond donors (Lipinski definition) is 1. The van der Waals surface area contributed by atoms with Crippen LogP contribution in [0, 0.1) is 36.5 Å². The number of amides is 2. The van der Waals surface area contributed by atoms with Crippen molar-refractivity contribution in [2.45, 2.75) is 40.7 Å². The molecule has 0 radical (unpaired) electrons. The fourth-order valence-electron chi connectivity index (χ4n) is 4.59. The van der Waals surface area contributed by atoms with Gasteiger partial charge in [0.25, 0.3) is 5.91 Å². The Morgan fingerprint density at radius 1 is 1.16 bits per heavy atom. The molecular weight excluding hydrogens is 505 g/mol. The lowest BCUT2D eigenvalue weighted by Gasteiger charge is -2.37. The first-order valence-corrected chi connectivity index (χ1v) is 13.0. The maximum Gasteiger partial charge on any atom is 0.276 e. The molecule has 38 heavy (non-hydrogen) atoms. The summed E-state index contributed by atoms with van der Waals surface area (Å²) in [6, 6.07) is 11.6. The molecule has 1 aliphatic heterocycles. The summed E-state index contributed by atoms with van der Waals surface area (Å²) in [6.45, 7) is 9.86. The summed E-state index contributed by atoms with van der Waals surface area (Å²) in [4.78, 5) is 32.0. The molecule has 2 aromatic heterocycles. The van der Waals surface area contributed by atoms with Crippen LogP contribution in [0.5, 0.6) is 0 Å². The van der Waals surface area contributed by atoms with Gasteiger partial charge in [0.05, 0.1) is 11.2 Å². The summed E-state index contributed by atoms with van der Waals surface area (Å²) in [7, 11) is 0. The highest BCUT2D eigenvalue weighted by atomic mass is 35.5. The van der Waals surface area contributed by atoms with Gasteiger partial charge in [-0.1, -0.05) is 62.4 Å². The number of carbonyl (C=O) groups is 2. The highest BCUT2D eigenvalue weighted by Gasteiger charge is 2.31. The quantitative estimate of drug-likeness (QED) is 0.454. The van der Waals surface area contributed by atoms with Crippen LogP contribution in [0.3, 0.4) is 0 Å². The zero-order valence-corrected chi connectivity index (χ0v) is 22.8. The highest BCUT2D eigenvalue weighted by molar-refractivity contribution is 6.34. The first-order valence-electron chi connectivity index (χ1n) is 12.6. The van der Waals surface area contributed by atoms with E-state index in [2.05, 4.69) is 34.2 Å². The van der Waals surface area contributed by atoms with Crippen molar-refractivity contribution in [3.8, 4) is 11.8 Å². The highest BCUT2D eigenvalue weighted by Crippen LogP contribution is 2.28. The zero-order valence-electron chi connectivity index (χ0n) is 22.1. The van der Waals surface area contributed by atoms with Gasteiger partial charge in [-0.25, -0.2) is 4.98 Å². The monoisotopic (exact) mass is 537 g/mol. The standard InChI is InChI=1S/C29H32ClN5O2.FH/c1-19(2)29(37)34-13-12-24(21(4)17-34)18-35-26(25(30)16-32-35)28(36)33-27-20(3)14-23(15-31-27)11-10-22-8-6-5-7-9-22;/h5-9,14-16,19,21,24H,12-13,17-18H2,1-4H3,(H,31,33,36);1H. The van der Waals surface area contributed by atoms with Gasteiger partial charge >= 0.3 is 0 Å². The minimum atomic E-state index is -0.360. The minimum Gasteiger partial charge on any atom is -0.342 e. The van der Waals surface area contributed by atoms with Gasteiger partial charge in [0.2, 0.25) is 5.91 Å². The van der Waals surface area contributed by atoms with Gasteiger partial charge in [-0.05, 0) is 48.9 Å². The Bertz CT molecular complexity index is 1350. The summed E-state index contributed by atoms with van der Waals surface area (Å²) < 4.78 is 1.67. The van der Waals surface area contributed by atoms with Gasteiger partial charge in [0.1, 0.15) is 11.5 Å². The molecule has 7 nitrogen and oxygen atoms in total. The van der Waals surface area contributed by atoms with Crippen LogP contribution in [0.1, 0.15) is 54.4 Å². The average molecular weight is 538 g/mol. The third-order valence-electron chi connectivity index (χ3n) is 6.74. The van der Waals surface area contributed by atoms with Gasteiger partial charge in [-0.15, -0.1) is 0 Å². The van der Waals surface area contributed by atoms with E-state index in [4.69, 9.17) is 11.6 Å². The van der Waals surface area contributed by atoms with Crippen LogP contribution >= 0.6 is 11.6 Å². The van der Waals surface area contributed by atoms with E-state index in [-0.39, 0.29) is 34.3 Å². The van der Waals surface area contributed by atoms with E-state index in [9.17, 15) is 9.59 Å². The Balaban J connectivity index is 0.00000400. The zero-order chi connectivity index (χ0) is 26.5. The molecule has 0 saturated carbocycles. The SMILES string of the molecule is Cc1cc(C#Cc2ccccc2)cnc1NC(=O)c1c(Cl)cnn1CC1CCN(C(=O)C(C)C)CC1C.F. The number of rotatable bonds is 5. The lowest BCUT2D eigenvalue weighted by Crippen LogP contribution is -2.45. The molecule has 200 valence electrons. The number of halogens is 2. The summed E-state index contributed by atoms with van der Waals surface area (Å²) in [5.41, 5.74) is 2.79. The summed E-state index contributed by atoms with van der Waals surface area (Å²) in [5.74, 6) is 7.05. The van der Waals surface area contributed by atoms with Crippen molar-refractivity contribution >= 4 is 29.2 Å². The van der Waals surface area contributed by atoms with Gasteiger partial charge in [-0.3, -0.25) is 19.0 Å². The molecule has 2 unspecified atom stereocenters. The molecule has 1 saturated heterocycles. The van der Waals surface area contributed by atoms with Crippen molar-refractivity contribution in [1.29, 1.82) is 0 Å². The molecule has 3 heterocycles. The Kier molecular flexibility index (Phi) is 9.65. The normalized spacial score (nSPS) is 16.8. The summed E-state index contributed by atoms with van der Waals surface area (Å²) >= 11 is 6.39. The first-order chi connectivity index (χ1) is 17.7. The predicted octanol–water partition coefficient (Wildman–Crippen LogP) is 5.19.